The van der Waals surface area contributed by atoms with Gasteiger partial charge in [0.05, 0.1) is 4.92 Å². The molecule has 138 valence electrons. The molecule has 0 radical (unpaired) electrons. The van der Waals surface area contributed by atoms with Crippen LogP contribution in [0.4, 0.5) is 15.8 Å². The van der Waals surface area contributed by atoms with Gasteiger partial charge in [0.15, 0.2) is 5.75 Å². The van der Waals surface area contributed by atoms with Crippen LogP contribution in [0.1, 0.15) is 11.1 Å². The van der Waals surface area contributed by atoms with Gasteiger partial charge in [0.25, 0.3) is 0 Å². The predicted octanol–water partition coefficient (Wildman–Crippen LogP) is 4.97. The number of hydrogen-bond donors (Lipinski definition) is 1. The molecule has 0 amide bonds. The van der Waals surface area contributed by atoms with Gasteiger partial charge < -0.3 is 10.1 Å². The van der Waals surface area contributed by atoms with Gasteiger partial charge in [0.1, 0.15) is 12.4 Å². The molecule has 3 aromatic rings. The molecule has 6 heteroatoms. The van der Waals surface area contributed by atoms with Crippen molar-refractivity contribution < 1.29 is 14.1 Å². The number of nitrogens with one attached hydrogen (secondary N) is 1. The van der Waals surface area contributed by atoms with Gasteiger partial charge in [-0.05, 0) is 35.7 Å². The minimum Gasteiger partial charge on any atom is -0.482 e. The van der Waals surface area contributed by atoms with Crippen LogP contribution in [0.15, 0.2) is 72.8 Å². The standard InChI is InChI=1S/C21H19FN2O3/c22-18-8-6-16(7-9-18)12-13-23-19-10-11-20(24(25)26)21(14-19)27-15-17-4-2-1-3-5-17/h1-11,14,23H,12-13,15H2. The fraction of sp³-hybridized carbons (Fsp3) is 0.143. The van der Waals surface area contributed by atoms with Crippen LogP contribution in [-0.2, 0) is 13.0 Å². The van der Waals surface area contributed by atoms with Crippen LogP contribution < -0.4 is 10.1 Å². The summed E-state index contributed by atoms with van der Waals surface area (Å²) >= 11 is 0. The van der Waals surface area contributed by atoms with E-state index in [1.54, 1.807) is 24.3 Å². The first-order valence-corrected chi connectivity index (χ1v) is 8.55. The number of benzene rings is 3. The van der Waals surface area contributed by atoms with E-state index in [1.165, 1.54) is 18.2 Å². The van der Waals surface area contributed by atoms with E-state index in [0.717, 1.165) is 16.8 Å². The monoisotopic (exact) mass is 366 g/mol. The van der Waals surface area contributed by atoms with E-state index in [2.05, 4.69) is 5.32 Å². The number of hydrogen-bond acceptors (Lipinski definition) is 4. The second kappa shape index (κ2) is 8.80. The molecule has 3 aromatic carbocycles. The Bertz CT molecular complexity index is 899. The van der Waals surface area contributed by atoms with Crippen LogP contribution in [0.2, 0.25) is 0 Å². The molecular weight excluding hydrogens is 347 g/mol. The van der Waals surface area contributed by atoms with Crippen molar-refractivity contribution in [1.29, 1.82) is 0 Å². The fourth-order valence-electron chi connectivity index (χ4n) is 2.63. The van der Waals surface area contributed by atoms with E-state index in [9.17, 15) is 14.5 Å². The van der Waals surface area contributed by atoms with E-state index < -0.39 is 4.92 Å². The lowest BCUT2D eigenvalue weighted by Crippen LogP contribution is -2.06. The third kappa shape index (κ3) is 5.28. The summed E-state index contributed by atoms with van der Waals surface area (Å²) in [5.41, 5.74) is 2.59. The smallest absolute Gasteiger partial charge is 0.311 e. The molecule has 0 unspecified atom stereocenters. The zero-order valence-corrected chi connectivity index (χ0v) is 14.6. The van der Waals surface area contributed by atoms with Gasteiger partial charge in [0, 0.05) is 24.4 Å². The third-order valence-electron chi connectivity index (χ3n) is 4.05. The van der Waals surface area contributed by atoms with E-state index >= 15 is 0 Å². The first-order chi connectivity index (χ1) is 13.1. The summed E-state index contributed by atoms with van der Waals surface area (Å²) in [5.74, 6) is -0.0436. The zero-order valence-electron chi connectivity index (χ0n) is 14.6. The largest absolute Gasteiger partial charge is 0.482 e. The van der Waals surface area contributed by atoms with Crippen molar-refractivity contribution in [2.75, 3.05) is 11.9 Å². The molecule has 3 rings (SSSR count). The zero-order chi connectivity index (χ0) is 19.1. The lowest BCUT2D eigenvalue weighted by molar-refractivity contribution is -0.385. The Kier molecular flexibility index (Phi) is 5.99. The molecule has 0 aliphatic heterocycles. The maximum Gasteiger partial charge on any atom is 0.311 e. The molecule has 0 bridgehead atoms. The molecule has 27 heavy (non-hydrogen) atoms. The van der Waals surface area contributed by atoms with E-state index in [0.29, 0.717) is 13.0 Å². The number of ether oxygens (including phenoxy) is 1. The molecule has 0 saturated carbocycles. The van der Waals surface area contributed by atoms with Gasteiger partial charge in [0.2, 0.25) is 0 Å². The third-order valence-corrected chi connectivity index (χ3v) is 4.05. The second-order valence-electron chi connectivity index (χ2n) is 6.02. The quantitative estimate of drug-likeness (QED) is 0.452. The van der Waals surface area contributed by atoms with E-state index in [1.807, 2.05) is 30.3 Å². The van der Waals surface area contributed by atoms with Crippen molar-refractivity contribution in [3.63, 3.8) is 0 Å². The van der Waals surface area contributed by atoms with Crippen molar-refractivity contribution in [1.82, 2.24) is 0 Å². The van der Waals surface area contributed by atoms with Gasteiger partial charge >= 0.3 is 5.69 Å². The molecule has 1 N–H and O–H groups in total. The number of nitrogens with zero attached hydrogens (tertiary/aromatic N) is 1. The summed E-state index contributed by atoms with van der Waals surface area (Å²) in [4.78, 5) is 10.8. The molecule has 0 aromatic heterocycles. The molecule has 0 saturated heterocycles. The highest BCUT2D eigenvalue weighted by molar-refractivity contribution is 5.58. The molecule has 0 fully saturated rings. The van der Waals surface area contributed by atoms with Gasteiger partial charge in [-0.3, -0.25) is 10.1 Å². The summed E-state index contributed by atoms with van der Waals surface area (Å²) in [6.07, 6.45) is 0.706. The number of nitro groups is 1. The van der Waals surface area contributed by atoms with Crippen molar-refractivity contribution >= 4 is 11.4 Å². The number of anilines is 1. The molecular formula is C21H19FN2O3. The Morgan fingerprint density at radius 1 is 0.963 bits per heavy atom. The highest BCUT2D eigenvalue weighted by Gasteiger charge is 2.16. The van der Waals surface area contributed by atoms with Crippen molar-refractivity contribution in [3.8, 4) is 5.75 Å². The molecule has 0 aliphatic carbocycles. The first kappa shape index (κ1) is 18.4. The average molecular weight is 366 g/mol. The highest BCUT2D eigenvalue weighted by atomic mass is 19.1. The van der Waals surface area contributed by atoms with Crippen LogP contribution in [-0.4, -0.2) is 11.5 Å². The van der Waals surface area contributed by atoms with Crippen LogP contribution in [0.5, 0.6) is 5.75 Å². The Labute approximate surface area is 156 Å². The summed E-state index contributed by atoms with van der Waals surface area (Å²) in [6, 6.07) is 20.5. The lowest BCUT2D eigenvalue weighted by Gasteiger charge is -2.11. The Morgan fingerprint density at radius 3 is 2.41 bits per heavy atom. The molecule has 0 atom stereocenters. The maximum atomic E-state index is 12.9. The van der Waals surface area contributed by atoms with Gasteiger partial charge in [-0.15, -0.1) is 0 Å². The fourth-order valence-corrected chi connectivity index (χ4v) is 2.63. The summed E-state index contributed by atoms with van der Waals surface area (Å²) < 4.78 is 18.6. The minimum atomic E-state index is -0.456. The summed E-state index contributed by atoms with van der Waals surface area (Å²) in [5, 5.41) is 14.5. The normalized spacial score (nSPS) is 10.4. The van der Waals surface area contributed by atoms with E-state index in [4.69, 9.17) is 4.74 Å². The topological polar surface area (TPSA) is 64.4 Å². The number of nitro benzene ring substituents is 1. The predicted molar refractivity (Wildman–Crippen MR) is 102 cm³/mol. The lowest BCUT2D eigenvalue weighted by atomic mass is 10.1. The average Bonchev–Trinajstić information content (AvgIpc) is 2.68. The second-order valence-corrected chi connectivity index (χ2v) is 6.02. The first-order valence-electron chi connectivity index (χ1n) is 8.55. The molecule has 5 nitrogen and oxygen atoms in total. The van der Waals surface area contributed by atoms with Crippen LogP contribution in [0, 0.1) is 15.9 Å². The minimum absolute atomic E-state index is 0.0741. The van der Waals surface area contributed by atoms with Gasteiger partial charge in [-0.1, -0.05) is 42.5 Å². The van der Waals surface area contributed by atoms with Crippen LogP contribution in [0.3, 0.4) is 0 Å². The van der Waals surface area contributed by atoms with Crippen LogP contribution in [0.25, 0.3) is 0 Å². The van der Waals surface area contributed by atoms with Gasteiger partial charge in [-0.25, -0.2) is 4.39 Å². The SMILES string of the molecule is O=[N+]([O-])c1ccc(NCCc2ccc(F)cc2)cc1OCc1ccccc1. The van der Waals surface area contributed by atoms with Crippen molar-refractivity contribution in [2.24, 2.45) is 0 Å². The molecule has 0 aliphatic rings. The Balaban J connectivity index is 1.65. The van der Waals surface area contributed by atoms with Crippen LogP contribution >= 0.6 is 0 Å². The van der Waals surface area contributed by atoms with Crippen molar-refractivity contribution in [3.05, 3.63) is 99.9 Å². The maximum absolute atomic E-state index is 12.9. The van der Waals surface area contributed by atoms with Crippen molar-refractivity contribution in [2.45, 2.75) is 13.0 Å². The summed E-state index contributed by atoms with van der Waals surface area (Å²) in [7, 11) is 0. The number of halogens is 1. The highest BCUT2D eigenvalue weighted by Crippen LogP contribution is 2.30. The van der Waals surface area contributed by atoms with Gasteiger partial charge in [-0.2, -0.15) is 0 Å². The molecule has 0 spiro atoms. The molecule has 0 heterocycles. The van der Waals surface area contributed by atoms with E-state index in [-0.39, 0.29) is 23.9 Å². The Hall–Kier alpha value is -3.41. The number of rotatable bonds is 8. The Morgan fingerprint density at radius 2 is 1.70 bits per heavy atom. The summed E-state index contributed by atoms with van der Waals surface area (Å²) in [6.45, 7) is 0.863.